The molecule has 1 unspecified atom stereocenters. The van der Waals surface area contributed by atoms with Crippen LogP contribution in [0.2, 0.25) is 0 Å². The second-order valence-corrected chi connectivity index (χ2v) is 6.10. The minimum atomic E-state index is -0.803. The number of H-pyrrole nitrogens is 2. The number of nitrogens with zero attached hydrogens (tertiary/aromatic N) is 3. The van der Waals surface area contributed by atoms with E-state index in [1.165, 1.54) is 18.2 Å². The van der Waals surface area contributed by atoms with Crippen molar-refractivity contribution in [3.63, 3.8) is 0 Å². The number of fused-ring (bicyclic) bond motifs is 1. The Bertz CT molecular complexity index is 1130. The molecular formula is C19H15F2N5O. The SMILES string of the molecule is CC(O)c1nc(-c2cc(F)c3n[nH]c(/C=C/c4ccc(F)cc4)c3c2)n[nH]1. The third-order valence-electron chi connectivity index (χ3n) is 4.11. The number of aromatic nitrogens is 5. The van der Waals surface area contributed by atoms with Crippen LogP contribution in [0.1, 0.15) is 30.1 Å². The Hall–Kier alpha value is -3.39. The van der Waals surface area contributed by atoms with Gasteiger partial charge in [-0.1, -0.05) is 18.2 Å². The lowest BCUT2D eigenvalue weighted by Crippen LogP contribution is -1.93. The first-order chi connectivity index (χ1) is 13.0. The summed E-state index contributed by atoms with van der Waals surface area (Å²) in [5.41, 5.74) is 2.05. The van der Waals surface area contributed by atoms with E-state index in [9.17, 15) is 13.9 Å². The molecule has 27 heavy (non-hydrogen) atoms. The fraction of sp³-hybridized carbons (Fsp3) is 0.105. The highest BCUT2D eigenvalue weighted by Crippen LogP contribution is 2.27. The van der Waals surface area contributed by atoms with E-state index in [0.29, 0.717) is 22.5 Å². The van der Waals surface area contributed by atoms with Gasteiger partial charge in [0.2, 0.25) is 0 Å². The summed E-state index contributed by atoms with van der Waals surface area (Å²) < 4.78 is 27.5. The number of hydrogen-bond donors (Lipinski definition) is 3. The Balaban J connectivity index is 1.74. The number of rotatable bonds is 4. The van der Waals surface area contributed by atoms with Crippen molar-refractivity contribution in [1.82, 2.24) is 25.4 Å². The molecule has 3 N–H and O–H groups in total. The molecule has 136 valence electrons. The largest absolute Gasteiger partial charge is 0.385 e. The third kappa shape index (κ3) is 3.34. The highest BCUT2D eigenvalue weighted by Gasteiger charge is 2.15. The monoisotopic (exact) mass is 367 g/mol. The van der Waals surface area contributed by atoms with Gasteiger partial charge in [-0.2, -0.15) is 10.2 Å². The molecule has 0 spiro atoms. The smallest absolute Gasteiger partial charge is 0.181 e. The standard InChI is InChI=1S/C19H15F2N5O/c1-10(27)18-22-19(26-25-18)12-8-14-16(23-24-17(14)15(21)9-12)7-4-11-2-5-13(20)6-3-11/h2-10,27H,1H3,(H,23,24)(H,22,25,26)/b7-4+. The molecule has 1 atom stereocenters. The highest BCUT2D eigenvalue weighted by molar-refractivity contribution is 5.92. The Kier molecular flexibility index (Phi) is 4.25. The molecule has 2 heterocycles. The van der Waals surface area contributed by atoms with Crippen LogP contribution in [0.25, 0.3) is 34.4 Å². The molecule has 2 aromatic heterocycles. The fourth-order valence-corrected chi connectivity index (χ4v) is 2.69. The third-order valence-corrected chi connectivity index (χ3v) is 4.11. The maximum absolute atomic E-state index is 14.5. The van der Waals surface area contributed by atoms with Gasteiger partial charge < -0.3 is 5.11 Å². The average Bonchev–Trinajstić information content (AvgIpc) is 3.29. The summed E-state index contributed by atoms with van der Waals surface area (Å²) >= 11 is 0. The normalized spacial score (nSPS) is 12.9. The number of nitrogens with one attached hydrogen (secondary N) is 2. The predicted octanol–water partition coefficient (Wildman–Crippen LogP) is 3.85. The van der Waals surface area contributed by atoms with E-state index < -0.39 is 11.9 Å². The van der Waals surface area contributed by atoms with Crippen LogP contribution in [0, 0.1) is 11.6 Å². The summed E-state index contributed by atoms with van der Waals surface area (Å²) in [5, 5.41) is 23.6. The van der Waals surface area contributed by atoms with E-state index in [0.717, 1.165) is 5.56 Å². The molecule has 0 bridgehead atoms. The molecule has 0 aliphatic rings. The molecule has 8 heteroatoms. The minimum Gasteiger partial charge on any atom is -0.385 e. The van der Waals surface area contributed by atoms with E-state index >= 15 is 0 Å². The summed E-state index contributed by atoms with van der Waals surface area (Å²) in [6, 6.07) is 9.03. The Labute approximate surface area is 152 Å². The van der Waals surface area contributed by atoms with Crippen LogP contribution in [-0.4, -0.2) is 30.5 Å². The van der Waals surface area contributed by atoms with E-state index in [-0.39, 0.29) is 17.2 Å². The van der Waals surface area contributed by atoms with Gasteiger partial charge >= 0.3 is 0 Å². The quantitative estimate of drug-likeness (QED) is 0.511. The maximum Gasteiger partial charge on any atom is 0.181 e. The molecule has 0 saturated heterocycles. The molecule has 6 nitrogen and oxygen atoms in total. The summed E-state index contributed by atoms with van der Waals surface area (Å²) in [6.45, 7) is 1.56. The molecular weight excluding hydrogens is 352 g/mol. The zero-order valence-corrected chi connectivity index (χ0v) is 14.2. The highest BCUT2D eigenvalue weighted by atomic mass is 19.1. The maximum atomic E-state index is 14.5. The van der Waals surface area contributed by atoms with Gasteiger partial charge in [-0.15, -0.1) is 0 Å². The molecule has 4 aromatic rings. The number of benzene rings is 2. The van der Waals surface area contributed by atoms with Crippen LogP contribution < -0.4 is 0 Å². The van der Waals surface area contributed by atoms with Gasteiger partial charge in [0.25, 0.3) is 0 Å². The molecule has 0 saturated carbocycles. The van der Waals surface area contributed by atoms with Crippen LogP contribution in [-0.2, 0) is 0 Å². The van der Waals surface area contributed by atoms with Crippen LogP contribution in [0.3, 0.4) is 0 Å². The zero-order chi connectivity index (χ0) is 19.0. The van der Waals surface area contributed by atoms with E-state index in [1.54, 1.807) is 37.3 Å². The minimum absolute atomic E-state index is 0.198. The number of aliphatic hydroxyl groups is 1. The molecule has 4 rings (SSSR count). The van der Waals surface area contributed by atoms with Crippen molar-refractivity contribution >= 4 is 23.1 Å². The van der Waals surface area contributed by atoms with Crippen LogP contribution in [0.15, 0.2) is 36.4 Å². The molecule has 0 aliphatic heterocycles. The van der Waals surface area contributed by atoms with Gasteiger partial charge in [-0.05, 0) is 42.8 Å². The van der Waals surface area contributed by atoms with Crippen LogP contribution in [0.5, 0.6) is 0 Å². The predicted molar refractivity (Wildman–Crippen MR) is 97.4 cm³/mol. The Morgan fingerprint density at radius 1 is 1.04 bits per heavy atom. The second-order valence-electron chi connectivity index (χ2n) is 6.10. The topological polar surface area (TPSA) is 90.5 Å². The Morgan fingerprint density at radius 3 is 2.52 bits per heavy atom. The van der Waals surface area contributed by atoms with Gasteiger partial charge in [0.05, 0.1) is 5.69 Å². The van der Waals surface area contributed by atoms with Gasteiger partial charge in [0.15, 0.2) is 17.5 Å². The second kappa shape index (κ2) is 6.73. The number of halogens is 2. The summed E-state index contributed by atoms with van der Waals surface area (Å²) in [4.78, 5) is 4.18. The van der Waals surface area contributed by atoms with E-state index in [2.05, 4.69) is 25.4 Å². The molecule has 2 aromatic carbocycles. The molecule has 0 fully saturated rings. The van der Waals surface area contributed by atoms with Gasteiger partial charge in [0, 0.05) is 10.9 Å². The zero-order valence-electron chi connectivity index (χ0n) is 14.2. The molecule has 0 aliphatic carbocycles. The molecule has 0 radical (unpaired) electrons. The van der Waals surface area contributed by atoms with Crippen molar-refractivity contribution in [3.8, 4) is 11.4 Å². The van der Waals surface area contributed by atoms with Crippen molar-refractivity contribution in [2.45, 2.75) is 13.0 Å². The number of aromatic amines is 2. The van der Waals surface area contributed by atoms with E-state index in [4.69, 9.17) is 0 Å². The first kappa shape index (κ1) is 17.0. The van der Waals surface area contributed by atoms with Crippen LogP contribution >= 0.6 is 0 Å². The van der Waals surface area contributed by atoms with Crippen molar-refractivity contribution < 1.29 is 13.9 Å². The number of aliphatic hydroxyl groups excluding tert-OH is 1. The fourth-order valence-electron chi connectivity index (χ4n) is 2.69. The average molecular weight is 367 g/mol. The van der Waals surface area contributed by atoms with Crippen LogP contribution in [0.4, 0.5) is 8.78 Å². The van der Waals surface area contributed by atoms with Crippen molar-refractivity contribution in [3.05, 3.63) is 65.1 Å². The van der Waals surface area contributed by atoms with Gasteiger partial charge in [-0.3, -0.25) is 10.2 Å². The number of hydrogen-bond acceptors (Lipinski definition) is 4. The lowest BCUT2D eigenvalue weighted by molar-refractivity contribution is 0.189. The van der Waals surface area contributed by atoms with Crippen molar-refractivity contribution in [2.24, 2.45) is 0 Å². The molecule has 0 amide bonds. The first-order valence-corrected chi connectivity index (χ1v) is 8.23. The lowest BCUT2D eigenvalue weighted by Gasteiger charge is -1.99. The lowest BCUT2D eigenvalue weighted by atomic mass is 10.1. The summed E-state index contributed by atoms with van der Waals surface area (Å²) in [7, 11) is 0. The summed E-state index contributed by atoms with van der Waals surface area (Å²) in [6.07, 6.45) is 2.71. The first-order valence-electron chi connectivity index (χ1n) is 8.23. The van der Waals surface area contributed by atoms with E-state index in [1.807, 2.05) is 0 Å². The van der Waals surface area contributed by atoms with Gasteiger partial charge in [-0.25, -0.2) is 13.8 Å². The Morgan fingerprint density at radius 2 is 1.81 bits per heavy atom. The van der Waals surface area contributed by atoms with Gasteiger partial charge in [0.1, 0.15) is 17.4 Å². The van der Waals surface area contributed by atoms with Crippen molar-refractivity contribution in [1.29, 1.82) is 0 Å². The van der Waals surface area contributed by atoms with Crippen molar-refractivity contribution in [2.75, 3.05) is 0 Å². The summed E-state index contributed by atoms with van der Waals surface area (Å²) in [5.74, 6) is -0.243.